The molecule has 0 heterocycles. The Morgan fingerprint density at radius 3 is 2.43 bits per heavy atom. The molecule has 14 heavy (non-hydrogen) atoms. The fourth-order valence-electron chi connectivity index (χ4n) is 1.16. The lowest BCUT2D eigenvalue weighted by atomic mass is 10.2. The number of carbonyl (C=O) groups is 1. The van der Waals surface area contributed by atoms with Gasteiger partial charge in [-0.05, 0) is 33.6 Å². The third-order valence-electron chi connectivity index (χ3n) is 2.35. The van der Waals surface area contributed by atoms with Crippen LogP contribution in [0.5, 0.6) is 0 Å². The van der Waals surface area contributed by atoms with Gasteiger partial charge < -0.3 is 15.8 Å². The van der Waals surface area contributed by atoms with Crippen LogP contribution in [0.1, 0.15) is 33.6 Å². The van der Waals surface area contributed by atoms with Gasteiger partial charge in [0.15, 0.2) is 0 Å². The second-order valence-electron chi connectivity index (χ2n) is 4.42. The normalized spacial score (nSPS) is 20.6. The maximum absolute atomic E-state index is 11.4. The molecule has 0 spiro atoms. The average Bonchev–Trinajstić information content (AvgIpc) is 2.82. The number of hydrogen-bond donors (Lipinski definition) is 2. The molecule has 4 nitrogen and oxygen atoms in total. The zero-order valence-electron chi connectivity index (χ0n) is 9.17. The summed E-state index contributed by atoms with van der Waals surface area (Å²) in [6.45, 7) is 6.27. The lowest BCUT2D eigenvalue weighted by Gasteiger charge is -2.20. The highest BCUT2D eigenvalue weighted by Crippen LogP contribution is 2.35. The smallest absolute Gasteiger partial charge is 0.237 e. The van der Waals surface area contributed by atoms with E-state index in [-0.39, 0.29) is 17.6 Å². The van der Waals surface area contributed by atoms with Crippen molar-refractivity contribution in [2.24, 2.45) is 5.73 Å². The molecule has 0 bridgehead atoms. The van der Waals surface area contributed by atoms with E-state index in [0.29, 0.717) is 6.61 Å². The van der Waals surface area contributed by atoms with Crippen LogP contribution in [-0.2, 0) is 9.53 Å². The lowest BCUT2D eigenvalue weighted by Crippen LogP contribution is -2.47. The molecule has 0 aromatic rings. The summed E-state index contributed by atoms with van der Waals surface area (Å²) in [5.74, 6) is -0.0881. The van der Waals surface area contributed by atoms with E-state index in [2.05, 4.69) is 5.32 Å². The summed E-state index contributed by atoms with van der Waals surface area (Å²) in [4.78, 5) is 11.4. The summed E-state index contributed by atoms with van der Waals surface area (Å²) in [6, 6.07) is -0.438. The topological polar surface area (TPSA) is 64.3 Å². The second-order valence-corrected chi connectivity index (χ2v) is 4.42. The molecule has 1 rings (SSSR count). The van der Waals surface area contributed by atoms with Gasteiger partial charge in [-0.2, -0.15) is 0 Å². The van der Waals surface area contributed by atoms with Gasteiger partial charge in [-0.15, -0.1) is 0 Å². The molecule has 1 unspecified atom stereocenters. The molecular weight excluding hydrogens is 180 g/mol. The molecule has 1 fully saturated rings. The van der Waals surface area contributed by atoms with E-state index in [0.717, 1.165) is 12.8 Å². The van der Waals surface area contributed by atoms with Crippen LogP contribution in [0.4, 0.5) is 0 Å². The van der Waals surface area contributed by atoms with E-state index >= 15 is 0 Å². The molecule has 1 amide bonds. The third kappa shape index (κ3) is 3.27. The highest BCUT2D eigenvalue weighted by atomic mass is 16.5. The number of nitrogens with two attached hydrogens (primary N) is 1. The van der Waals surface area contributed by atoms with Crippen LogP contribution in [-0.4, -0.2) is 30.2 Å². The van der Waals surface area contributed by atoms with Crippen LogP contribution in [0.2, 0.25) is 0 Å². The average molecular weight is 200 g/mol. The molecule has 1 aliphatic rings. The minimum atomic E-state index is -0.438. The van der Waals surface area contributed by atoms with Crippen molar-refractivity contribution < 1.29 is 9.53 Å². The lowest BCUT2D eigenvalue weighted by molar-refractivity contribution is -0.123. The number of ether oxygens (including phenoxy) is 1. The van der Waals surface area contributed by atoms with E-state index in [1.54, 1.807) is 6.92 Å². The number of amides is 1. The minimum Gasteiger partial charge on any atom is -0.376 e. The first-order valence-corrected chi connectivity index (χ1v) is 5.14. The van der Waals surface area contributed by atoms with Crippen molar-refractivity contribution >= 4 is 5.91 Å². The number of carbonyl (C=O) groups excluding carboxylic acids is 1. The first-order chi connectivity index (χ1) is 6.45. The second kappa shape index (κ2) is 4.28. The molecule has 1 saturated carbocycles. The molecule has 0 radical (unpaired) electrons. The minimum absolute atomic E-state index is 0.0881. The third-order valence-corrected chi connectivity index (χ3v) is 2.35. The zero-order chi connectivity index (χ0) is 10.8. The van der Waals surface area contributed by atoms with E-state index in [4.69, 9.17) is 10.5 Å². The van der Waals surface area contributed by atoms with Gasteiger partial charge in [-0.3, -0.25) is 4.79 Å². The van der Waals surface area contributed by atoms with Gasteiger partial charge in [0.2, 0.25) is 5.91 Å². The molecule has 1 atom stereocenters. The van der Waals surface area contributed by atoms with E-state index in [9.17, 15) is 4.79 Å². The summed E-state index contributed by atoms with van der Waals surface area (Å²) in [6.07, 6.45) is 2.20. The van der Waals surface area contributed by atoms with Gasteiger partial charge in [-0.25, -0.2) is 0 Å². The van der Waals surface area contributed by atoms with Crippen LogP contribution in [0.3, 0.4) is 0 Å². The number of nitrogens with one attached hydrogen (secondary N) is 1. The van der Waals surface area contributed by atoms with E-state index < -0.39 is 6.04 Å². The highest BCUT2D eigenvalue weighted by Gasteiger charge is 2.44. The number of rotatable bonds is 5. The Labute approximate surface area is 85.2 Å². The van der Waals surface area contributed by atoms with Gasteiger partial charge in [0.25, 0.3) is 0 Å². The van der Waals surface area contributed by atoms with Gasteiger partial charge in [-0.1, -0.05) is 0 Å². The van der Waals surface area contributed by atoms with Crippen LogP contribution in [0, 0.1) is 0 Å². The summed E-state index contributed by atoms with van der Waals surface area (Å²) < 4.78 is 5.49. The Morgan fingerprint density at radius 1 is 1.50 bits per heavy atom. The van der Waals surface area contributed by atoms with Crippen LogP contribution in [0.25, 0.3) is 0 Å². The molecule has 0 aromatic carbocycles. The van der Waals surface area contributed by atoms with Crippen molar-refractivity contribution in [2.45, 2.75) is 51.3 Å². The molecular formula is C10H20N2O2. The SMILES string of the molecule is CC(C)OCC1(NC(=O)C(C)N)CC1. The molecule has 3 N–H and O–H groups in total. The van der Waals surface area contributed by atoms with Crippen molar-refractivity contribution in [1.82, 2.24) is 5.32 Å². The monoisotopic (exact) mass is 200 g/mol. The molecule has 1 aliphatic carbocycles. The van der Waals surface area contributed by atoms with E-state index in [1.807, 2.05) is 13.8 Å². The highest BCUT2D eigenvalue weighted by molar-refractivity contribution is 5.82. The summed E-state index contributed by atoms with van der Waals surface area (Å²) in [5, 5.41) is 2.93. The summed E-state index contributed by atoms with van der Waals surface area (Å²) in [5.41, 5.74) is 5.36. The molecule has 82 valence electrons. The first kappa shape index (κ1) is 11.5. The summed E-state index contributed by atoms with van der Waals surface area (Å²) in [7, 11) is 0. The Balaban J connectivity index is 2.32. The quantitative estimate of drug-likeness (QED) is 0.675. The van der Waals surface area contributed by atoms with E-state index in [1.165, 1.54) is 0 Å². The number of hydrogen-bond acceptors (Lipinski definition) is 3. The Hall–Kier alpha value is -0.610. The van der Waals surface area contributed by atoms with Crippen LogP contribution in [0.15, 0.2) is 0 Å². The van der Waals surface area contributed by atoms with Gasteiger partial charge in [0.05, 0.1) is 24.3 Å². The molecule has 0 aromatic heterocycles. The van der Waals surface area contributed by atoms with Gasteiger partial charge >= 0.3 is 0 Å². The van der Waals surface area contributed by atoms with Crippen LogP contribution >= 0.6 is 0 Å². The fourth-order valence-corrected chi connectivity index (χ4v) is 1.16. The first-order valence-electron chi connectivity index (χ1n) is 5.14. The fraction of sp³-hybridized carbons (Fsp3) is 0.900. The van der Waals surface area contributed by atoms with Gasteiger partial charge in [0.1, 0.15) is 0 Å². The predicted octanol–water partition coefficient (Wildman–Crippen LogP) is 0.407. The summed E-state index contributed by atoms with van der Waals surface area (Å²) >= 11 is 0. The standard InChI is InChI=1S/C10H20N2O2/c1-7(2)14-6-10(4-5-10)12-9(13)8(3)11/h7-8H,4-6,11H2,1-3H3,(H,12,13). The van der Waals surface area contributed by atoms with Crippen LogP contribution < -0.4 is 11.1 Å². The van der Waals surface area contributed by atoms with Crippen molar-refractivity contribution in [3.05, 3.63) is 0 Å². The van der Waals surface area contributed by atoms with Gasteiger partial charge in [0, 0.05) is 0 Å². The molecule has 0 saturated heterocycles. The van der Waals surface area contributed by atoms with Crippen molar-refractivity contribution in [2.75, 3.05) is 6.61 Å². The predicted molar refractivity (Wildman–Crippen MR) is 54.8 cm³/mol. The Kier molecular flexibility index (Phi) is 3.50. The zero-order valence-corrected chi connectivity index (χ0v) is 9.17. The maximum atomic E-state index is 11.4. The maximum Gasteiger partial charge on any atom is 0.237 e. The Morgan fingerprint density at radius 2 is 2.07 bits per heavy atom. The van der Waals surface area contributed by atoms with Crippen molar-refractivity contribution in [3.8, 4) is 0 Å². The Bertz CT molecular complexity index is 210. The van der Waals surface area contributed by atoms with Crippen molar-refractivity contribution in [1.29, 1.82) is 0 Å². The molecule has 4 heteroatoms. The molecule has 0 aliphatic heterocycles. The largest absolute Gasteiger partial charge is 0.376 e. The van der Waals surface area contributed by atoms with Crippen molar-refractivity contribution in [3.63, 3.8) is 0 Å².